The molecule has 0 unspecified atom stereocenters. The largest absolute Gasteiger partial charge is 0.289 e. The molecule has 0 fully saturated rings. The molecular formula is C17H17NO. The van der Waals surface area contributed by atoms with Crippen LogP contribution in [-0.2, 0) is 0 Å². The first-order valence-electron chi connectivity index (χ1n) is 6.39. The highest BCUT2D eigenvalue weighted by Crippen LogP contribution is 2.15. The molecule has 0 saturated heterocycles. The van der Waals surface area contributed by atoms with Crippen molar-refractivity contribution in [2.75, 3.05) is 0 Å². The molecule has 0 aliphatic rings. The van der Waals surface area contributed by atoms with Crippen molar-refractivity contribution in [2.24, 2.45) is 0 Å². The topological polar surface area (TPSA) is 30.0 Å². The molecule has 0 amide bonds. The van der Waals surface area contributed by atoms with Gasteiger partial charge in [-0.2, -0.15) is 0 Å². The Labute approximate surface area is 113 Å². The lowest BCUT2D eigenvalue weighted by molar-refractivity contribution is 0.104. The summed E-state index contributed by atoms with van der Waals surface area (Å²) in [6.45, 7) is 4.33. The van der Waals surface area contributed by atoms with E-state index in [1.165, 1.54) is 5.56 Å². The number of hydrogen-bond acceptors (Lipinski definition) is 2. The summed E-state index contributed by atoms with van der Waals surface area (Å²) in [7, 11) is 0. The van der Waals surface area contributed by atoms with Crippen LogP contribution in [0.1, 0.15) is 41.3 Å². The van der Waals surface area contributed by atoms with Gasteiger partial charge in [0.05, 0.1) is 0 Å². The predicted molar refractivity (Wildman–Crippen MR) is 78.1 cm³/mol. The van der Waals surface area contributed by atoms with Gasteiger partial charge in [0.25, 0.3) is 0 Å². The maximum absolute atomic E-state index is 11.9. The van der Waals surface area contributed by atoms with Crippen molar-refractivity contribution in [3.63, 3.8) is 0 Å². The van der Waals surface area contributed by atoms with Crippen LogP contribution >= 0.6 is 0 Å². The van der Waals surface area contributed by atoms with Gasteiger partial charge in [0.1, 0.15) is 0 Å². The van der Waals surface area contributed by atoms with Crippen LogP contribution in [0.5, 0.6) is 0 Å². The number of ketones is 1. The Morgan fingerprint density at radius 2 is 1.68 bits per heavy atom. The van der Waals surface area contributed by atoms with E-state index in [0.717, 1.165) is 5.56 Å². The Bertz CT molecular complexity index is 568. The summed E-state index contributed by atoms with van der Waals surface area (Å²) in [6, 6.07) is 11.7. The minimum absolute atomic E-state index is 0.00432. The third-order valence-electron chi connectivity index (χ3n) is 3.00. The fraction of sp³-hybridized carbons (Fsp3) is 0.176. The molecule has 19 heavy (non-hydrogen) atoms. The van der Waals surface area contributed by atoms with Gasteiger partial charge in [-0.3, -0.25) is 9.78 Å². The van der Waals surface area contributed by atoms with Gasteiger partial charge in [0.15, 0.2) is 5.78 Å². The lowest BCUT2D eigenvalue weighted by atomic mass is 10.0. The number of hydrogen-bond donors (Lipinski definition) is 0. The Morgan fingerprint density at radius 3 is 2.26 bits per heavy atom. The zero-order chi connectivity index (χ0) is 13.7. The number of benzene rings is 1. The van der Waals surface area contributed by atoms with E-state index in [-0.39, 0.29) is 5.78 Å². The number of carbonyl (C=O) groups excluding carboxylic acids is 1. The van der Waals surface area contributed by atoms with Crippen LogP contribution < -0.4 is 0 Å². The number of carbonyl (C=O) groups is 1. The smallest absolute Gasteiger partial charge is 0.185 e. The van der Waals surface area contributed by atoms with Crippen LogP contribution in [0.15, 0.2) is 54.9 Å². The van der Waals surface area contributed by atoms with Crippen molar-refractivity contribution in [3.8, 4) is 0 Å². The van der Waals surface area contributed by atoms with E-state index < -0.39 is 0 Å². The Hall–Kier alpha value is -2.22. The highest BCUT2D eigenvalue weighted by molar-refractivity contribution is 6.06. The first-order chi connectivity index (χ1) is 9.16. The maximum Gasteiger partial charge on any atom is 0.185 e. The highest BCUT2D eigenvalue weighted by atomic mass is 16.1. The molecule has 2 rings (SSSR count). The maximum atomic E-state index is 11.9. The number of rotatable bonds is 4. The van der Waals surface area contributed by atoms with Gasteiger partial charge in [0, 0.05) is 18.0 Å². The van der Waals surface area contributed by atoms with Gasteiger partial charge in [-0.1, -0.05) is 44.2 Å². The van der Waals surface area contributed by atoms with Gasteiger partial charge < -0.3 is 0 Å². The summed E-state index contributed by atoms with van der Waals surface area (Å²) in [5.41, 5.74) is 2.99. The van der Waals surface area contributed by atoms with E-state index >= 15 is 0 Å². The standard InChI is InChI=1S/C17H17NO/c1-13(2)15-6-3-14(4-7-15)5-8-17(19)16-9-11-18-12-10-16/h3-13H,1-2H3/b8-5+. The predicted octanol–water partition coefficient (Wildman–Crippen LogP) is 4.10. The van der Waals surface area contributed by atoms with Gasteiger partial charge >= 0.3 is 0 Å². The van der Waals surface area contributed by atoms with Crippen molar-refractivity contribution in [1.82, 2.24) is 4.98 Å². The van der Waals surface area contributed by atoms with Gasteiger partial charge in [-0.15, -0.1) is 0 Å². The van der Waals surface area contributed by atoms with E-state index in [1.807, 2.05) is 18.2 Å². The summed E-state index contributed by atoms with van der Waals surface area (Å²) < 4.78 is 0. The third-order valence-corrected chi connectivity index (χ3v) is 3.00. The molecule has 0 spiro atoms. The second kappa shape index (κ2) is 6.10. The SMILES string of the molecule is CC(C)c1ccc(/C=C/C(=O)c2ccncc2)cc1. The Morgan fingerprint density at radius 1 is 1.05 bits per heavy atom. The number of allylic oxidation sites excluding steroid dienone is 1. The fourth-order valence-electron chi connectivity index (χ4n) is 1.78. The minimum Gasteiger partial charge on any atom is -0.289 e. The fourth-order valence-corrected chi connectivity index (χ4v) is 1.78. The monoisotopic (exact) mass is 251 g/mol. The molecule has 1 heterocycles. The average molecular weight is 251 g/mol. The van der Waals surface area contributed by atoms with Crippen molar-refractivity contribution in [2.45, 2.75) is 19.8 Å². The second-order valence-corrected chi connectivity index (χ2v) is 4.75. The Balaban J connectivity index is 2.08. The quantitative estimate of drug-likeness (QED) is 0.605. The first kappa shape index (κ1) is 13.2. The molecule has 0 aliphatic heterocycles. The molecule has 2 heteroatoms. The molecule has 0 bridgehead atoms. The summed E-state index contributed by atoms with van der Waals surface area (Å²) in [4.78, 5) is 15.8. The zero-order valence-corrected chi connectivity index (χ0v) is 11.2. The summed E-state index contributed by atoms with van der Waals surface area (Å²) in [5.74, 6) is 0.520. The van der Waals surface area contributed by atoms with Crippen LogP contribution in [-0.4, -0.2) is 10.8 Å². The summed E-state index contributed by atoms with van der Waals surface area (Å²) in [6.07, 6.45) is 6.68. The van der Waals surface area contributed by atoms with Crippen molar-refractivity contribution < 1.29 is 4.79 Å². The molecule has 0 aliphatic carbocycles. The molecule has 1 aromatic carbocycles. The lowest BCUT2D eigenvalue weighted by Gasteiger charge is -2.04. The van der Waals surface area contributed by atoms with E-state index in [9.17, 15) is 4.79 Å². The highest BCUT2D eigenvalue weighted by Gasteiger charge is 2.00. The molecule has 96 valence electrons. The Kier molecular flexibility index (Phi) is 4.24. The van der Waals surface area contributed by atoms with Crippen LogP contribution in [0.2, 0.25) is 0 Å². The molecule has 2 nitrogen and oxygen atoms in total. The van der Waals surface area contributed by atoms with E-state index in [2.05, 4.69) is 31.0 Å². The van der Waals surface area contributed by atoms with Crippen LogP contribution in [0.3, 0.4) is 0 Å². The number of aromatic nitrogens is 1. The second-order valence-electron chi connectivity index (χ2n) is 4.75. The van der Waals surface area contributed by atoms with Gasteiger partial charge in [-0.25, -0.2) is 0 Å². The van der Waals surface area contributed by atoms with Crippen molar-refractivity contribution in [3.05, 3.63) is 71.6 Å². The van der Waals surface area contributed by atoms with Gasteiger partial charge in [-0.05, 0) is 35.3 Å². The lowest BCUT2D eigenvalue weighted by Crippen LogP contribution is -1.93. The average Bonchev–Trinajstić information content (AvgIpc) is 2.46. The molecular weight excluding hydrogens is 234 g/mol. The zero-order valence-electron chi connectivity index (χ0n) is 11.2. The van der Waals surface area contributed by atoms with Crippen LogP contribution in [0.25, 0.3) is 6.08 Å². The molecule has 0 N–H and O–H groups in total. The summed E-state index contributed by atoms with van der Waals surface area (Å²) in [5, 5.41) is 0. The molecule has 0 saturated carbocycles. The molecule has 1 aromatic heterocycles. The van der Waals surface area contributed by atoms with Crippen molar-refractivity contribution >= 4 is 11.9 Å². The number of nitrogens with zero attached hydrogens (tertiary/aromatic N) is 1. The van der Waals surface area contributed by atoms with E-state index in [1.54, 1.807) is 30.6 Å². The van der Waals surface area contributed by atoms with Crippen LogP contribution in [0, 0.1) is 0 Å². The molecule has 0 radical (unpaired) electrons. The van der Waals surface area contributed by atoms with Crippen molar-refractivity contribution in [1.29, 1.82) is 0 Å². The summed E-state index contributed by atoms with van der Waals surface area (Å²) >= 11 is 0. The normalized spacial score (nSPS) is 11.1. The third kappa shape index (κ3) is 3.62. The van der Waals surface area contributed by atoms with Gasteiger partial charge in [0.2, 0.25) is 0 Å². The van der Waals surface area contributed by atoms with E-state index in [4.69, 9.17) is 0 Å². The molecule has 0 atom stereocenters. The van der Waals surface area contributed by atoms with Crippen LogP contribution in [0.4, 0.5) is 0 Å². The minimum atomic E-state index is -0.00432. The number of pyridine rings is 1. The van der Waals surface area contributed by atoms with E-state index in [0.29, 0.717) is 11.5 Å². The molecule has 2 aromatic rings. The first-order valence-corrected chi connectivity index (χ1v) is 6.39.